The van der Waals surface area contributed by atoms with Gasteiger partial charge in [-0.1, -0.05) is 146 Å². The summed E-state index contributed by atoms with van der Waals surface area (Å²) in [5, 5.41) is 2.43. The number of imidazole rings is 1. The number of rotatable bonds is 6. The molecular weight excluding hydrogens is 569 g/mol. The zero-order chi connectivity index (χ0) is 30.2. The van der Waals surface area contributed by atoms with E-state index in [4.69, 9.17) is 9.97 Å². The normalized spacial score (nSPS) is 11.6. The van der Waals surface area contributed by atoms with Crippen LogP contribution in [0.3, 0.4) is 0 Å². The predicted octanol–water partition coefficient (Wildman–Crippen LogP) is 8.52. The van der Waals surface area contributed by atoms with Crippen LogP contribution in [-0.4, -0.2) is 14.4 Å². The van der Waals surface area contributed by atoms with Crippen molar-refractivity contribution in [2.24, 2.45) is 0 Å². The van der Waals surface area contributed by atoms with Crippen molar-refractivity contribution in [2.45, 2.75) is 0 Å². The molecule has 45 heavy (non-hydrogen) atoms. The highest BCUT2D eigenvalue weighted by molar-refractivity contribution is 7.85. The molecule has 6 aromatic carbocycles. The Labute approximate surface area is 261 Å². The fraction of sp³-hybridized carbons (Fsp3) is 0. The van der Waals surface area contributed by atoms with Crippen molar-refractivity contribution in [3.63, 3.8) is 0 Å². The lowest BCUT2D eigenvalue weighted by atomic mass is 10.0. The first-order valence-corrected chi connectivity index (χ1v) is 16.7. The lowest BCUT2D eigenvalue weighted by Crippen LogP contribution is -2.25. The maximum absolute atomic E-state index is 15.0. The average Bonchev–Trinajstić information content (AvgIpc) is 3.50. The third kappa shape index (κ3) is 4.77. The summed E-state index contributed by atoms with van der Waals surface area (Å²) in [7, 11) is -3.10. The molecule has 0 N–H and O–H groups in total. The molecule has 2 aromatic heterocycles. The number of fused-ring (bicyclic) bond motifs is 3. The summed E-state index contributed by atoms with van der Waals surface area (Å²) >= 11 is 0. The summed E-state index contributed by atoms with van der Waals surface area (Å²) < 4.78 is 17.2. The lowest BCUT2D eigenvalue weighted by Gasteiger charge is -2.20. The van der Waals surface area contributed by atoms with E-state index in [0.29, 0.717) is 5.78 Å². The zero-order valence-corrected chi connectivity index (χ0v) is 25.3. The highest BCUT2D eigenvalue weighted by Crippen LogP contribution is 2.43. The zero-order valence-electron chi connectivity index (χ0n) is 24.4. The maximum atomic E-state index is 15.0. The van der Waals surface area contributed by atoms with Crippen molar-refractivity contribution in [3.8, 4) is 33.6 Å². The van der Waals surface area contributed by atoms with E-state index in [1.165, 1.54) is 0 Å². The third-order valence-electron chi connectivity index (χ3n) is 8.29. The van der Waals surface area contributed by atoms with Gasteiger partial charge in [-0.05, 0) is 41.0 Å². The van der Waals surface area contributed by atoms with E-state index < -0.39 is 7.14 Å². The molecule has 0 saturated heterocycles. The molecule has 0 fully saturated rings. The molecule has 0 radical (unpaired) electrons. The smallest absolute Gasteiger partial charge is 0.235 e. The summed E-state index contributed by atoms with van der Waals surface area (Å²) in [6, 6.07) is 56.8. The van der Waals surface area contributed by atoms with Gasteiger partial charge in [-0.15, -0.1) is 0 Å². The molecule has 4 nitrogen and oxygen atoms in total. The van der Waals surface area contributed by atoms with E-state index in [1.807, 2.05) is 97.1 Å². The van der Waals surface area contributed by atoms with E-state index in [0.717, 1.165) is 60.6 Å². The molecule has 0 aliphatic heterocycles. The van der Waals surface area contributed by atoms with E-state index in [1.54, 1.807) is 0 Å². The fourth-order valence-electron chi connectivity index (χ4n) is 6.08. The van der Waals surface area contributed by atoms with Crippen molar-refractivity contribution in [3.05, 3.63) is 170 Å². The Morgan fingerprint density at radius 1 is 0.444 bits per heavy atom. The summed E-state index contributed by atoms with van der Waals surface area (Å²) in [6.07, 6.45) is 0. The van der Waals surface area contributed by atoms with Crippen LogP contribution >= 0.6 is 7.14 Å². The van der Waals surface area contributed by atoms with Crippen molar-refractivity contribution in [1.82, 2.24) is 14.4 Å². The van der Waals surface area contributed by atoms with Gasteiger partial charge in [-0.3, -0.25) is 4.40 Å². The van der Waals surface area contributed by atoms with Crippen LogP contribution in [0, 0.1) is 0 Å². The van der Waals surface area contributed by atoms with Gasteiger partial charge in [0.25, 0.3) is 0 Å². The molecule has 214 valence electrons. The molecule has 0 spiro atoms. The Hall–Kier alpha value is -5.57. The van der Waals surface area contributed by atoms with Crippen LogP contribution in [0.2, 0.25) is 0 Å². The van der Waals surface area contributed by atoms with Gasteiger partial charge in [-0.25, -0.2) is 9.97 Å². The first-order valence-electron chi connectivity index (χ1n) is 14.9. The molecule has 0 unspecified atom stereocenters. The van der Waals surface area contributed by atoms with Gasteiger partial charge < -0.3 is 4.57 Å². The van der Waals surface area contributed by atoms with Crippen LogP contribution in [0.5, 0.6) is 0 Å². The Morgan fingerprint density at radius 2 is 0.978 bits per heavy atom. The standard InChI is InChI=1S/C40H28N3OP/c44-45(33-19-9-3-10-20-33,34-21-11-4-12-22-34)35-23-13-18-31(26-35)32-24-25-38-37(27-32)42-40-41-36(29-14-5-1-6-15-29)28-39(43(38)40)30-16-7-2-8-17-30/h1-28H. The minimum atomic E-state index is -3.10. The minimum Gasteiger partial charge on any atom is -0.309 e. The van der Waals surface area contributed by atoms with Gasteiger partial charge in [0.1, 0.15) is 0 Å². The average molecular weight is 598 g/mol. The van der Waals surface area contributed by atoms with Crippen molar-refractivity contribution >= 4 is 39.9 Å². The highest BCUT2D eigenvalue weighted by Gasteiger charge is 2.29. The molecule has 0 atom stereocenters. The Kier molecular flexibility index (Phi) is 6.70. The minimum absolute atomic E-state index is 0.647. The number of nitrogens with zero attached hydrogens (tertiary/aromatic N) is 3. The highest BCUT2D eigenvalue weighted by atomic mass is 31.2. The second kappa shape index (κ2) is 11.2. The van der Waals surface area contributed by atoms with E-state index >= 15 is 4.57 Å². The third-order valence-corrected chi connectivity index (χ3v) is 11.3. The van der Waals surface area contributed by atoms with Crippen LogP contribution in [0.25, 0.3) is 50.5 Å². The first-order chi connectivity index (χ1) is 22.2. The monoisotopic (exact) mass is 597 g/mol. The number of benzene rings is 6. The van der Waals surface area contributed by atoms with Crippen molar-refractivity contribution < 1.29 is 4.57 Å². The van der Waals surface area contributed by atoms with E-state index in [-0.39, 0.29) is 0 Å². The second-order valence-electron chi connectivity index (χ2n) is 11.0. The molecule has 0 amide bonds. The Morgan fingerprint density at radius 3 is 1.62 bits per heavy atom. The van der Waals surface area contributed by atoms with E-state index in [9.17, 15) is 0 Å². The van der Waals surface area contributed by atoms with Gasteiger partial charge >= 0.3 is 0 Å². The molecule has 8 rings (SSSR count). The Balaban J connectivity index is 1.29. The lowest BCUT2D eigenvalue weighted by molar-refractivity contribution is 0.592. The number of aromatic nitrogens is 3. The topological polar surface area (TPSA) is 47.3 Å². The van der Waals surface area contributed by atoms with Gasteiger partial charge in [0, 0.05) is 21.5 Å². The molecular formula is C40H28N3OP. The summed E-state index contributed by atoms with van der Waals surface area (Å²) in [4.78, 5) is 10.0. The summed E-state index contributed by atoms with van der Waals surface area (Å²) in [5.74, 6) is 0.647. The Bertz CT molecular complexity index is 2290. The van der Waals surface area contributed by atoms with Gasteiger partial charge in [0.05, 0.1) is 22.4 Å². The van der Waals surface area contributed by atoms with Crippen LogP contribution in [0.1, 0.15) is 0 Å². The fourth-order valence-corrected chi connectivity index (χ4v) is 8.77. The molecule has 8 aromatic rings. The van der Waals surface area contributed by atoms with E-state index in [2.05, 4.69) is 77.2 Å². The van der Waals surface area contributed by atoms with Crippen molar-refractivity contribution in [2.75, 3.05) is 0 Å². The van der Waals surface area contributed by atoms with Gasteiger partial charge in [0.2, 0.25) is 5.78 Å². The van der Waals surface area contributed by atoms with Crippen LogP contribution < -0.4 is 15.9 Å². The first kappa shape index (κ1) is 27.0. The molecule has 2 heterocycles. The quantitative estimate of drug-likeness (QED) is 0.181. The molecule has 0 aliphatic rings. The van der Waals surface area contributed by atoms with Crippen LogP contribution in [0.15, 0.2) is 170 Å². The summed E-state index contributed by atoms with van der Waals surface area (Å²) in [6.45, 7) is 0. The van der Waals surface area contributed by atoms with Gasteiger partial charge in [-0.2, -0.15) is 0 Å². The SMILES string of the molecule is O=P(c1ccccc1)(c1ccccc1)c1cccc(-c2ccc3c(c2)nc2nc(-c4ccccc4)cc(-c4ccccc4)n23)c1. The molecule has 5 heteroatoms. The molecule has 0 saturated carbocycles. The summed E-state index contributed by atoms with van der Waals surface area (Å²) in [5.41, 5.74) is 7.87. The largest absolute Gasteiger partial charge is 0.309 e. The number of hydrogen-bond donors (Lipinski definition) is 0. The maximum Gasteiger partial charge on any atom is 0.235 e. The second-order valence-corrected chi connectivity index (χ2v) is 13.8. The van der Waals surface area contributed by atoms with Gasteiger partial charge in [0.15, 0.2) is 7.14 Å². The van der Waals surface area contributed by atoms with Crippen LogP contribution in [0.4, 0.5) is 0 Å². The molecule has 0 bridgehead atoms. The molecule has 0 aliphatic carbocycles. The predicted molar refractivity (Wildman–Crippen MR) is 186 cm³/mol. The number of hydrogen-bond acceptors (Lipinski definition) is 3. The van der Waals surface area contributed by atoms with Crippen molar-refractivity contribution in [1.29, 1.82) is 0 Å². The van der Waals surface area contributed by atoms with Crippen LogP contribution in [-0.2, 0) is 4.57 Å².